The number of amides is 1. The van der Waals surface area contributed by atoms with Crippen LogP contribution in [0.4, 0.5) is 0 Å². The maximum absolute atomic E-state index is 11.7. The first-order valence-corrected chi connectivity index (χ1v) is 6.54. The Balaban J connectivity index is 2.28. The molecule has 1 aromatic heterocycles. The summed E-state index contributed by atoms with van der Waals surface area (Å²) in [5.74, 6) is -0.621. The molecule has 0 saturated heterocycles. The number of rotatable bonds is 8. The average Bonchev–Trinajstić information content (AvgIpc) is 2.43. The summed E-state index contributed by atoms with van der Waals surface area (Å²) in [6.45, 7) is 2.58. The van der Waals surface area contributed by atoms with Crippen molar-refractivity contribution in [3.63, 3.8) is 0 Å². The van der Waals surface area contributed by atoms with Gasteiger partial charge in [-0.2, -0.15) is 0 Å². The van der Waals surface area contributed by atoms with E-state index in [-0.39, 0.29) is 12.3 Å². The Morgan fingerprint density at radius 1 is 1.37 bits per heavy atom. The molecule has 0 spiro atoms. The molecule has 5 nitrogen and oxygen atoms in total. The molecule has 0 fully saturated rings. The van der Waals surface area contributed by atoms with Crippen molar-refractivity contribution >= 4 is 11.9 Å². The minimum absolute atomic E-state index is 0.186. The fourth-order valence-electron chi connectivity index (χ4n) is 1.86. The lowest BCUT2D eigenvalue weighted by atomic mass is 9.96. The van der Waals surface area contributed by atoms with Gasteiger partial charge in [0, 0.05) is 19.2 Å². The third-order valence-corrected chi connectivity index (χ3v) is 3.08. The van der Waals surface area contributed by atoms with Crippen LogP contribution in [-0.2, 0) is 4.79 Å². The highest BCUT2D eigenvalue weighted by Crippen LogP contribution is 2.14. The second-order valence-corrected chi connectivity index (χ2v) is 4.47. The number of nitrogens with one attached hydrogen (secondary N) is 1. The molecule has 0 radical (unpaired) electrons. The molecule has 0 aliphatic rings. The predicted octanol–water partition coefficient (Wildman–Crippen LogP) is 2.09. The normalized spacial score (nSPS) is 11.8. The van der Waals surface area contributed by atoms with Gasteiger partial charge in [0.15, 0.2) is 0 Å². The number of carbonyl (C=O) groups is 2. The number of carboxylic acid groups (broad SMARTS) is 1. The Kier molecular flexibility index (Phi) is 6.57. The maximum atomic E-state index is 11.7. The molecule has 19 heavy (non-hydrogen) atoms. The summed E-state index contributed by atoms with van der Waals surface area (Å²) < 4.78 is 0. The molecule has 5 heteroatoms. The van der Waals surface area contributed by atoms with Crippen LogP contribution in [0.25, 0.3) is 0 Å². The van der Waals surface area contributed by atoms with E-state index >= 15 is 0 Å². The van der Waals surface area contributed by atoms with Crippen LogP contribution in [0.2, 0.25) is 0 Å². The van der Waals surface area contributed by atoms with Gasteiger partial charge in [0.05, 0.1) is 0 Å². The summed E-state index contributed by atoms with van der Waals surface area (Å²) in [6, 6.07) is 5.19. The van der Waals surface area contributed by atoms with Gasteiger partial charge >= 0.3 is 5.97 Å². The van der Waals surface area contributed by atoms with E-state index in [4.69, 9.17) is 5.11 Å². The van der Waals surface area contributed by atoms with E-state index in [2.05, 4.69) is 10.3 Å². The van der Waals surface area contributed by atoms with Crippen molar-refractivity contribution in [2.75, 3.05) is 6.54 Å². The van der Waals surface area contributed by atoms with E-state index in [0.29, 0.717) is 24.6 Å². The monoisotopic (exact) mass is 264 g/mol. The average molecular weight is 264 g/mol. The molecule has 0 aromatic carbocycles. The van der Waals surface area contributed by atoms with E-state index in [1.165, 1.54) is 0 Å². The molecular weight excluding hydrogens is 244 g/mol. The zero-order valence-corrected chi connectivity index (χ0v) is 11.1. The van der Waals surface area contributed by atoms with Crippen LogP contribution in [0.3, 0.4) is 0 Å². The lowest BCUT2D eigenvalue weighted by Gasteiger charge is -2.13. The lowest BCUT2D eigenvalue weighted by Crippen LogP contribution is -2.26. The highest BCUT2D eigenvalue weighted by atomic mass is 16.4. The zero-order valence-electron chi connectivity index (χ0n) is 11.1. The number of hydrogen-bond acceptors (Lipinski definition) is 3. The fraction of sp³-hybridized carbons (Fsp3) is 0.500. The SMILES string of the molecule is CCC(CCNC(=O)c1ccccn1)CCC(=O)O. The highest BCUT2D eigenvalue weighted by molar-refractivity contribution is 5.92. The second kappa shape index (κ2) is 8.24. The van der Waals surface area contributed by atoms with Crippen molar-refractivity contribution in [3.8, 4) is 0 Å². The fourth-order valence-corrected chi connectivity index (χ4v) is 1.86. The Morgan fingerprint density at radius 3 is 2.74 bits per heavy atom. The molecule has 104 valence electrons. The van der Waals surface area contributed by atoms with Gasteiger partial charge in [0.1, 0.15) is 5.69 Å². The molecule has 1 unspecified atom stereocenters. The van der Waals surface area contributed by atoms with Crippen LogP contribution < -0.4 is 5.32 Å². The predicted molar refractivity (Wildman–Crippen MR) is 71.8 cm³/mol. The molecule has 1 aromatic rings. The number of aromatic nitrogens is 1. The van der Waals surface area contributed by atoms with Gasteiger partial charge in [0.2, 0.25) is 0 Å². The minimum Gasteiger partial charge on any atom is -0.481 e. The molecule has 0 aliphatic carbocycles. The van der Waals surface area contributed by atoms with Gasteiger partial charge < -0.3 is 10.4 Å². The number of hydrogen-bond donors (Lipinski definition) is 2. The summed E-state index contributed by atoms with van der Waals surface area (Å²) in [7, 11) is 0. The van der Waals surface area contributed by atoms with E-state index in [9.17, 15) is 9.59 Å². The summed E-state index contributed by atoms with van der Waals surface area (Å²) in [6.07, 6.45) is 4.14. The van der Waals surface area contributed by atoms with E-state index in [1.54, 1.807) is 24.4 Å². The van der Waals surface area contributed by atoms with Gasteiger partial charge in [-0.15, -0.1) is 0 Å². The van der Waals surface area contributed by atoms with Gasteiger partial charge in [-0.1, -0.05) is 19.4 Å². The third-order valence-electron chi connectivity index (χ3n) is 3.08. The van der Waals surface area contributed by atoms with Crippen molar-refractivity contribution in [1.82, 2.24) is 10.3 Å². The second-order valence-electron chi connectivity index (χ2n) is 4.47. The molecule has 1 amide bonds. The summed E-state index contributed by atoms with van der Waals surface area (Å²) >= 11 is 0. The van der Waals surface area contributed by atoms with Crippen LogP contribution in [0.1, 0.15) is 43.1 Å². The van der Waals surface area contributed by atoms with E-state index < -0.39 is 5.97 Å². The van der Waals surface area contributed by atoms with Gasteiger partial charge in [0.25, 0.3) is 5.91 Å². The Bertz CT molecular complexity index is 406. The highest BCUT2D eigenvalue weighted by Gasteiger charge is 2.10. The Morgan fingerprint density at radius 2 is 2.16 bits per heavy atom. The summed E-state index contributed by atoms with van der Waals surface area (Å²) in [5, 5.41) is 11.4. The largest absolute Gasteiger partial charge is 0.481 e. The van der Waals surface area contributed by atoms with Crippen LogP contribution in [-0.4, -0.2) is 28.5 Å². The smallest absolute Gasteiger partial charge is 0.303 e. The van der Waals surface area contributed by atoms with Crippen molar-refractivity contribution in [3.05, 3.63) is 30.1 Å². The first-order chi connectivity index (χ1) is 9.13. The summed E-state index contributed by atoms with van der Waals surface area (Å²) in [5.41, 5.74) is 0.404. The Hall–Kier alpha value is -1.91. The minimum atomic E-state index is -0.768. The lowest BCUT2D eigenvalue weighted by molar-refractivity contribution is -0.137. The Labute approximate surface area is 113 Å². The van der Waals surface area contributed by atoms with Gasteiger partial charge in [-0.05, 0) is 30.9 Å². The molecule has 1 rings (SSSR count). The first kappa shape index (κ1) is 15.1. The molecule has 1 atom stereocenters. The zero-order chi connectivity index (χ0) is 14.1. The number of pyridine rings is 1. The van der Waals surface area contributed by atoms with Crippen LogP contribution in [0.15, 0.2) is 24.4 Å². The van der Waals surface area contributed by atoms with Gasteiger partial charge in [-0.3, -0.25) is 14.6 Å². The number of carbonyl (C=O) groups excluding carboxylic acids is 1. The van der Waals surface area contributed by atoms with Crippen LogP contribution >= 0.6 is 0 Å². The molecule has 0 bridgehead atoms. The van der Waals surface area contributed by atoms with Crippen molar-refractivity contribution in [2.24, 2.45) is 5.92 Å². The first-order valence-electron chi connectivity index (χ1n) is 6.54. The molecule has 0 aliphatic heterocycles. The van der Waals surface area contributed by atoms with Crippen molar-refractivity contribution in [1.29, 1.82) is 0 Å². The molecular formula is C14H20N2O3. The quantitative estimate of drug-likeness (QED) is 0.753. The van der Waals surface area contributed by atoms with Crippen LogP contribution in [0.5, 0.6) is 0 Å². The van der Waals surface area contributed by atoms with Crippen molar-refractivity contribution in [2.45, 2.75) is 32.6 Å². The third kappa shape index (κ3) is 5.99. The van der Waals surface area contributed by atoms with E-state index in [0.717, 1.165) is 12.8 Å². The van der Waals surface area contributed by atoms with Gasteiger partial charge in [-0.25, -0.2) is 0 Å². The number of nitrogens with zero attached hydrogens (tertiary/aromatic N) is 1. The summed E-state index contributed by atoms with van der Waals surface area (Å²) in [4.78, 5) is 26.2. The molecule has 0 saturated carbocycles. The molecule has 2 N–H and O–H groups in total. The maximum Gasteiger partial charge on any atom is 0.303 e. The number of carboxylic acids is 1. The van der Waals surface area contributed by atoms with E-state index in [1.807, 2.05) is 6.92 Å². The van der Waals surface area contributed by atoms with Crippen molar-refractivity contribution < 1.29 is 14.7 Å². The number of aliphatic carboxylic acids is 1. The molecule has 1 heterocycles. The topological polar surface area (TPSA) is 79.3 Å². The standard InChI is InChI=1S/C14H20N2O3/c1-2-11(6-7-13(17)18)8-10-16-14(19)12-5-3-4-9-15-12/h3-5,9,11H,2,6-8,10H2,1H3,(H,16,19)(H,17,18). The van der Waals surface area contributed by atoms with Crippen LogP contribution in [0, 0.1) is 5.92 Å².